The molecule has 3 aromatic heterocycles. The molecule has 4 heterocycles. The first-order valence-corrected chi connectivity index (χ1v) is 11.3. The molecule has 0 spiro atoms. The molecule has 0 atom stereocenters. The summed E-state index contributed by atoms with van der Waals surface area (Å²) in [6.07, 6.45) is 15.0. The van der Waals surface area contributed by atoms with Crippen LogP contribution >= 0.6 is 0 Å². The van der Waals surface area contributed by atoms with Crippen molar-refractivity contribution in [2.45, 2.75) is 44.6 Å². The monoisotopic (exact) mass is 414 g/mol. The molecule has 1 aliphatic heterocycles. The summed E-state index contributed by atoms with van der Waals surface area (Å²) < 4.78 is 4.38. The maximum atomic E-state index is 12.7. The molecule has 7 heteroatoms. The third-order valence-corrected chi connectivity index (χ3v) is 6.80. The molecule has 1 saturated carbocycles. The van der Waals surface area contributed by atoms with E-state index in [0.29, 0.717) is 17.1 Å². The molecule has 1 fully saturated rings. The second kappa shape index (κ2) is 7.50. The zero-order valence-electron chi connectivity index (χ0n) is 17.5. The molecular formula is C24H26N6O. The van der Waals surface area contributed by atoms with Gasteiger partial charge in [-0.05, 0) is 49.6 Å². The van der Waals surface area contributed by atoms with Crippen LogP contribution in [0.2, 0.25) is 0 Å². The van der Waals surface area contributed by atoms with E-state index in [4.69, 9.17) is 4.98 Å². The smallest absolute Gasteiger partial charge is 0.260 e. The molecule has 4 aromatic rings. The fourth-order valence-corrected chi connectivity index (χ4v) is 5.20. The van der Waals surface area contributed by atoms with Crippen LogP contribution in [0.25, 0.3) is 33.3 Å². The molecule has 158 valence electrons. The second-order valence-corrected chi connectivity index (χ2v) is 8.64. The summed E-state index contributed by atoms with van der Waals surface area (Å²) in [4.78, 5) is 24.7. The van der Waals surface area contributed by atoms with Crippen LogP contribution in [0, 0.1) is 0 Å². The lowest BCUT2D eigenvalue weighted by atomic mass is 9.95. The number of aromatic nitrogens is 5. The zero-order valence-corrected chi connectivity index (χ0v) is 17.5. The highest BCUT2D eigenvalue weighted by Crippen LogP contribution is 2.33. The van der Waals surface area contributed by atoms with E-state index in [2.05, 4.69) is 50.3 Å². The first kappa shape index (κ1) is 18.6. The fraction of sp³-hybridized carbons (Fsp3) is 0.375. The summed E-state index contributed by atoms with van der Waals surface area (Å²) in [5.74, 6) is 0. The number of imidazole rings is 1. The molecular weight excluding hydrogens is 388 g/mol. The number of benzene rings is 1. The summed E-state index contributed by atoms with van der Waals surface area (Å²) in [5.41, 5.74) is 5.90. The maximum absolute atomic E-state index is 12.7. The van der Waals surface area contributed by atoms with Gasteiger partial charge in [0.25, 0.3) is 5.56 Å². The first-order valence-electron chi connectivity index (χ1n) is 11.3. The van der Waals surface area contributed by atoms with Gasteiger partial charge in [0.2, 0.25) is 0 Å². The summed E-state index contributed by atoms with van der Waals surface area (Å²) in [5, 5.41) is 4.00. The van der Waals surface area contributed by atoms with Crippen molar-refractivity contribution in [2.75, 3.05) is 13.1 Å². The predicted octanol–water partition coefficient (Wildman–Crippen LogP) is 3.95. The normalized spacial score (nSPS) is 18.0. The van der Waals surface area contributed by atoms with Gasteiger partial charge in [-0.2, -0.15) is 0 Å². The van der Waals surface area contributed by atoms with Crippen LogP contribution < -0.4 is 10.9 Å². The van der Waals surface area contributed by atoms with Crippen molar-refractivity contribution >= 4 is 27.6 Å². The minimum Gasteiger partial charge on any atom is -0.327 e. The minimum atomic E-state index is -0.0964. The Balaban J connectivity index is 1.48. The van der Waals surface area contributed by atoms with Gasteiger partial charge in [0.1, 0.15) is 0 Å². The standard InChI is InChI=1S/C24H26N6O/c31-24-22-19(16-8-10-25-11-9-16)13-29(23(22)26-14-27-24)18-6-7-21-20(12-18)28-15-30(21)17-4-2-1-3-5-17/h6-8,12-15,17,25H,1-5,9-11H2,(H,26,27,31). The Hall–Kier alpha value is -3.19. The summed E-state index contributed by atoms with van der Waals surface area (Å²) in [6.45, 7) is 1.74. The molecule has 7 nitrogen and oxygen atoms in total. The Kier molecular flexibility index (Phi) is 4.49. The Morgan fingerprint density at radius 3 is 2.84 bits per heavy atom. The number of fused-ring (bicyclic) bond motifs is 2. The lowest BCUT2D eigenvalue weighted by Crippen LogP contribution is -2.20. The van der Waals surface area contributed by atoms with E-state index in [1.54, 1.807) is 0 Å². The Morgan fingerprint density at radius 1 is 1.10 bits per heavy atom. The number of aromatic amines is 1. The zero-order chi connectivity index (χ0) is 20.8. The number of nitrogens with zero attached hydrogens (tertiary/aromatic N) is 4. The number of H-pyrrole nitrogens is 1. The molecule has 6 rings (SSSR count). The quantitative estimate of drug-likeness (QED) is 0.532. The van der Waals surface area contributed by atoms with Crippen LogP contribution in [0.4, 0.5) is 0 Å². The summed E-state index contributed by atoms with van der Waals surface area (Å²) >= 11 is 0. The van der Waals surface area contributed by atoms with Crippen molar-refractivity contribution in [2.24, 2.45) is 0 Å². The van der Waals surface area contributed by atoms with Crippen LogP contribution in [0.1, 0.15) is 50.1 Å². The highest BCUT2D eigenvalue weighted by molar-refractivity contribution is 5.92. The predicted molar refractivity (Wildman–Crippen MR) is 123 cm³/mol. The van der Waals surface area contributed by atoms with E-state index in [1.165, 1.54) is 49.5 Å². The van der Waals surface area contributed by atoms with Gasteiger partial charge in [-0.15, -0.1) is 0 Å². The third kappa shape index (κ3) is 3.11. The Labute approximate surface area is 179 Å². The largest absolute Gasteiger partial charge is 0.327 e. The molecule has 2 N–H and O–H groups in total. The molecule has 0 radical (unpaired) electrons. The molecule has 2 aliphatic rings. The molecule has 0 saturated heterocycles. The fourth-order valence-electron chi connectivity index (χ4n) is 5.20. The highest BCUT2D eigenvalue weighted by atomic mass is 16.1. The van der Waals surface area contributed by atoms with Gasteiger partial charge in [-0.25, -0.2) is 9.97 Å². The third-order valence-electron chi connectivity index (χ3n) is 6.80. The van der Waals surface area contributed by atoms with Gasteiger partial charge in [-0.1, -0.05) is 25.3 Å². The van der Waals surface area contributed by atoms with Crippen LogP contribution in [0.5, 0.6) is 0 Å². The molecule has 1 aromatic carbocycles. The van der Waals surface area contributed by atoms with Crippen LogP contribution in [-0.4, -0.2) is 37.2 Å². The number of rotatable bonds is 3. The maximum Gasteiger partial charge on any atom is 0.260 e. The minimum absolute atomic E-state index is 0.0964. The Morgan fingerprint density at radius 2 is 2.00 bits per heavy atom. The van der Waals surface area contributed by atoms with Crippen LogP contribution in [0.3, 0.4) is 0 Å². The van der Waals surface area contributed by atoms with E-state index in [0.717, 1.165) is 36.3 Å². The van der Waals surface area contributed by atoms with Crippen LogP contribution in [-0.2, 0) is 0 Å². The van der Waals surface area contributed by atoms with E-state index in [-0.39, 0.29) is 5.56 Å². The topological polar surface area (TPSA) is 80.5 Å². The molecule has 0 amide bonds. The highest BCUT2D eigenvalue weighted by Gasteiger charge is 2.20. The number of hydrogen-bond donors (Lipinski definition) is 2. The van der Waals surface area contributed by atoms with Gasteiger partial charge in [-0.3, -0.25) is 4.79 Å². The average Bonchev–Trinajstić information content (AvgIpc) is 3.42. The van der Waals surface area contributed by atoms with Crippen LogP contribution in [0.15, 0.2) is 47.9 Å². The molecule has 0 bridgehead atoms. The number of nitrogens with one attached hydrogen (secondary N) is 2. The van der Waals surface area contributed by atoms with Gasteiger partial charge >= 0.3 is 0 Å². The van der Waals surface area contributed by atoms with Crippen molar-refractivity contribution in [3.63, 3.8) is 0 Å². The van der Waals surface area contributed by atoms with E-state index >= 15 is 0 Å². The SMILES string of the molecule is O=c1[nH]cnc2c1c(C1=CCNCC1)cn2-c1ccc2c(c1)ncn2C1CCCCC1. The molecule has 31 heavy (non-hydrogen) atoms. The summed E-state index contributed by atoms with van der Waals surface area (Å²) in [6, 6.07) is 6.94. The molecule has 1 aliphatic carbocycles. The van der Waals surface area contributed by atoms with E-state index in [1.807, 2.05) is 10.9 Å². The Bertz CT molecular complexity index is 1350. The van der Waals surface area contributed by atoms with Crippen molar-refractivity contribution in [3.05, 3.63) is 59.0 Å². The first-order chi connectivity index (χ1) is 15.3. The van der Waals surface area contributed by atoms with E-state index in [9.17, 15) is 4.79 Å². The second-order valence-electron chi connectivity index (χ2n) is 8.64. The average molecular weight is 415 g/mol. The van der Waals surface area contributed by atoms with Crippen molar-refractivity contribution < 1.29 is 0 Å². The molecule has 0 unspecified atom stereocenters. The summed E-state index contributed by atoms with van der Waals surface area (Å²) in [7, 11) is 0. The number of hydrogen-bond acceptors (Lipinski definition) is 4. The van der Waals surface area contributed by atoms with Crippen molar-refractivity contribution in [1.29, 1.82) is 0 Å². The van der Waals surface area contributed by atoms with Gasteiger partial charge in [0.15, 0.2) is 5.65 Å². The van der Waals surface area contributed by atoms with Gasteiger partial charge in [0.05, 0.1) is 29.1 Å². The lowest BCUT2D eigenvalue weighted by molar-refractivity contribution is 0.359. The lowest BCUT2D eigenvalue weighted by Gasteiger charge is -2.23. The van der Waals surface area contributed by atoms with Gasteiger partial charge < -0.3 is 19.4 Å². The van der Waals surface area contributed by atoms with Crippen molar-refractivity contribution in [1.82, 2.24) is 29.4 Å². The van der Waals surface area contributed by atoms with Gasteiger partial charge in [0, 0.05) is 30.0 Å². The van der Waals surface area contributed by atoms with E-state index < -0.39 is 0 Å². The van der Waals surface area contributed by atoms with Crippen molar-refractivity contribution in [3.8, 4) is 5.69 Å².